The van der Waals surface area contributed by atoms with E-state index in [1.807, 2.05) is 0 Å². The van der Waals surface area contributed by atoms with E-state index < -0.39 is 24.7 Å². The van der Waals surface area contributed by atoms with E-state index >= 15 is 0 Å². The Morgan fingerprint density at radius 3 is 2.84 bits per heavy atom. The SMILES string of the molecule is C=C(CCc1nnc([C@H]2C[C@@H]2COC(F)(F)F)o1)NC(=O)COc1ccc(Cl)c(F)c1. The predicted octanol–water partition coefficient (Wildman–Crippen LogP) is 4.14. The van der Waals surface area contributed by atoms with Crippen LogP contribution in [0.4, 0.5) is 17.6 Å². The summed E-state index contributed by atoms with van der Waals surface area (Å²) in [6.07, 6.45) is -3.59. The van der Waals surface area contributed by atoms with Crippen molar-refractivity contribution in [3.63, 3.8) is 0 Å². The number of ether oxygens (including phenoxy) is 2. The molecule has 2 aromatic rings. The summed E-state index contributed by atoms with van der Waals surface area (Å²) >= 11 is 5.57. The zero-order valence-corrected chi connectivity index (χ0v) is 16.8. The lowest BCUT2D eigenvalue weighted by Crippen LogP contribution is -2.28. The number of aromatic nitrogens is 2. The number of alkyl halides is 3. The molecule has 0 spiro atoms. The fourth-order valence-electron chi connectivity index (χ4n) is 2.72. The number of allylic oxidation sites excluding steroid dienone is 1. The van der Waals surface area contributed by atoms with Crippen LogP contribution < -0.4 is 10.1 Å². The van der Waals surface area contributed by atoms with Gasteiger partial charge in [0.05, 0.1) is 11.6 Å². The minimum absolute atomic E-state index is 0.0544. The Kier molecular flexibility index (Phi) is 7.16. The van der Waals surface area contributed by atoms with Crippen molar-refractivity contribution >= 4 is 17.5 Å². The maximum absolute atomic E-state index is 13.3. The zero-order valence-electron chi connectivity index (χ0n) is 16.0. The second-order valence-electron chi connectivity index (χ2n) is 6.91. The Balaban J connectivity index is 1.36. The molecule has 0 radical (unpaired) electrons. The molecule has 0 unspecified atom stereocenters. The molecule has 168 valence electrons. The summed E-state index contributed by atoms with van der Waals surface area (Å²) in [6.45, 7) is 2.93. The van der Waals surface area contributed by atoms with Gasteiger partial charge in [-0.25, -0.2) is 4.39 Å². The van der Waals surface area contributed by atoms with Crippen molar-refractivity contribution < 1.29 is 36.2 Å². The van der Waals surface area contributed by atoms with Gasteiger partial charge in [-0.3, -0.25) is 9.53 Å². The third-order valence-electron chi connectivity index (χ3n) is 4.40. The Morgan fingerprint density at radius 2 is 2.13 bits per heavy atom. The fourth-order valence-corrected chi connectivity index (χ4v) is 2.84. The molecule has 1 aliphatic rings. The average Bonchev–Trinajstić information content (AvgIpc) is 3.32. The number of aryl methyl sites for hydroxylation is 1. The number of nitrogens with zero attached hydrogens (tertiary/aromatic N) is 2. The van der Waals surface area contributed by atoms with Gasteiger partial charge in [-0.1, -0.05) is 18.2 Å². The molecule has 12 heteroatoms. The molecule has 1 fully saturated rings. The molecule has 0 saturated heterocycles. The van der Waals surface area contributed by atoms with Crippen molar-refractivity contribution in [1.29, 1.82) is 0 Å². The lowest BCUT2D eigenvalue weighted by molar-refractivity contribution is -0.326. The highest BCUT2D eigenvalue weighted by Gasteiger charge is 2.45. The van der Waals surface area contributed by atoms with E-state index in [1.165, 1.54) is 12.1 Å². The van der Waals surface area contributed by atoms with Crippen LogP contribution in [0.25, 0.3) is 0 Å². The van der Waals surface area contributed by atoms with Gasteiger partial charge in [0, 0.05) is 24.1 Å². The topological polar surface area (TPSA) is 86.5 Å². The molecule has 3 rings (SSSR count). The van der Waals surface area contributed by atoms with Crippen molar-refractivity contribution in [3.8, 4) is 5.75 Å². The molecule has 31 heavy (non-hydrogen) atoms. The van der Waals surface area contributed by atoms with Gasteiger partial charge in [0.1, 0.15) is 11.6 Å². The Morgan fingerprint density at radius 1 is 1.35 bits per heavy atom. The molecule has 1 amide bonds. The molecular weight excluding hydrogens is 446 g/mol. The van der Waals surface area contributed by atoms with E-state index in [1.54, 1.807) is 0 Å². The first-order chi connectivity index (χ1) is 14.6. The molecule has 2 atom stereocenters. The van der Waals surface area contributed by atoms with E-state index in [9.17, 15) is 22.4 Å². The van der Waals surface area contributed by atoms with Gasteiger partial charge in [0.15, 0.2) is 6.61 Å². The summed E-state index contributed by atoms with van der Waals surface area (Å²) in [6, 6.07) is 3.81. The van der Waals surface area contributed by atoms with Crippen LogP contribution in [0.1, 0.15) is 30.5 Å². The van der Waals surface area contributed by atoms with E-state index in [0.717, 1.165) is 6.07 Å². The van der Waals surface area contributed by atoms with Crippen LogP contribution in [0.5, 0.6) is 5.75 Å². The Labute approximate surface area is 179 Å². The lowest BCUT2D eigenvalue weighted by Gasteiger charge is -2.09. The molecule has 1 saturated carbocycles. The highest BCUT2D eigenvalue weighted by atomic mass is 35.5. The predicted molar refractivity (Wildman–Crippen MR) is 99.7 cm³/mol. The Hall–Kier alpha value is -2.66. The highest BCUT2D eigenvalue weighted by Crippen LogP contribution is 2.47. The molecule has 1 heterocycles. The van der Waals surface area contributed by atoms with Gasteiger partial charge in [0.2, 0.25) is 11.8 Å². The van der Waals surface area contributed by atoms with Crippen LogP contribution in [-0.2, 0) is 16.0 Å². The number of hydrogen-bond acceptors (Lipinski definition) is 6. The molecule has 1 N–H and O–H groups in total. The number of amides is 1. The van der Waals surface area contributed by atoms with Crippen LogP contribution in [0.2, 0.25) is 5.02 Å². The zero-order chi connectivity index (χ0) is 22.6. The number of halogens is 5. The fraction of sp³-hybridized carbons (Fsp3) is 0.421. The maximum Gasteiger partial charge on any atom is 0.522 e. The quantitative estimate of drug-likeness (QED) is 0.533. The maximum atomic E-state index is 13.3. The second kappa shape index (κ2) is 9.65. The summed E-state index contributed by atoms with van der Waals surface area (Å²) in [5, 5.41) is 10.2. The van der Waals surface area contributed by atoms with Crippen LogP contribution in [0.3, 0.4) is 0 Å². The minimum Gasteiger partial charge on any atom is -0.484 e. The van der Waals surface area contributed by atoms with Gasteiger partial charge in [-0.2, -0.15) is 0 Å². The normalized spacial score (nSPS) is 18.0. The van der Waals surface area contributed by atoms with E-state index in [-0.39, 0.29) is 47.4 Å². The van der Waals surface area contributed by atoms with E-state index in [0.29, 0.717) is 18.5 Å². The lowest BCUT2D eigenvalue weighted by atomic mass is 10.2. The van der Waals surface area contributed by atoms with Crippen LogP contribution in [0, 0.1) is 11.7 Å². The molecule has 1 aromatic carbocycles. The standard InChI is InChI=1S/C19H18ClF4N3O4/c1-10(25-16(28)9-29-12-3-4-14(20)15(21)7-12)2-5-17-26-27-18(31-17)13-6-11(13)8-30-19(22,23)24/h3-4,7,11,13H,1-2,5-6,8-9H2,(H,25,28)/t11-,13+/m1/s1. The third-order valence-corrected chi connectivity index (χ3v) is 4.71. The number of carbonyl (C=O) groups excluding carboxylic acids is 1. The molecular formula is C19H18ClF4N3O4. The smallest absolute Gasteiger partial charge is 0.484 e. The van der Waals surface area contributed by atoms with E-state index in [4.69, 9.17) is 20.8 Å². The number of nitrogens with one attached hydrogen (secondary N) is 1. The first kappa shape index (κ1) is 23.0. The largest absolute Gasteiger partial charge is 0.522 e. The van der Waals surface area contributed by atoms with Crippen molar-refractivity contribution in [3.05, 3.63) is 53.1 Å². The first-order valence-electron chi connectivity index (χ1n) is 9.19. The average molecular weight is 464 g/mol. The number of rotatable bonds is 10. The van der Waals surface area contributed by atoms with Crippen LogP contribution in [0.15, 0.2) is 34.9 Å². The van der Waals surface area contributed by atoms with Gasteiger partial charge in [-0.05, 0) is 30.9 Å². The molecule has 1 aromatic heterocycles. The van der Waals surface area contributed by atoms with Crippen molar-refractivity contribution in [2.24, 2.45) is 5.92 Å². The minimum atomic E-state index is -4.66. The van der Waals surface area contributed by atoms with Crippen molar-refractivity contribution in [2.75, 3.05) is 13.2 Å². The Bertz CT molecular complexity index is 950. The van der Waals surface area contributed by atoms with Gasteiger partial charge in [-0.15, -0.1) is 23.4 Å². The van der Waals surface area contributed by atoms with Crippen LogP contribution >= 0.6 is 11.6 Å². The summed E-state index contributed by atoms with van der Waals surface area (Å²) < 4.78 is 64.0. The van der Waals surface area contributed by atoms with E-state index in [2.05, 4.69) is 26.8 Å². The summed E-state index contributed by atoms with van der Waals surface area (Å²) in [4.78, 5) is 11.9. The summed E-state index contributed by atoms with van der Waals surface area (Å²) in [5.41, 5.74) is 0.374. The van der Waals surface area contributed by atoms with Gasteiger partial charge in [0.25, 0.3) is 5.91 Å². The monoisotopic (exact) mass is 463 g/mol. The number of hydrogen-bond donors (Lipinski definition) is 1. The highest BCUT2D eigenvalue weighted by molar-refractivity contribution is 6.30. The molecule has 1 aliphatic carbocycles. The van der Waals surface area contributed by atoms with Crippen molar-refractivity contribution in [1.82, 2.24) is 15.5 Å². The van der Waals surface area contributed by atoms with Crippen LogP contribution in [-0.4, -0.2) is 35.7 Å². The van der Waals surface area contributed by atoms with Crippen molar-refractivity contribution in [2.45, 2.75) is 31.5 Å². The summed E-state index contributed by atoms with van der Waals surface area (Å²) in [7, 11) is 0. The van der Waals surface area contributed by atoms with Gasteiger partial charge < -0.3 is 14.5 Å². The molecule has 0 aliphatic heterocycles. The third kappa shape index (κ3) is 7.21. The number of carbonyl (C=O) groups is 1. The molecule has 0 bridgehead atoms. The second-order valence-corrected chi connectivity index (χ2v) is 7.32. The first-order valence-corrected chi connectivity index (χ1v) is 9.57. The number of benzene rings is 1. The van der Waals surface area contributed by atoms with Gasteiger partial charge >= 0.3 is 6.36 Å². The summed E-state index contributed by atoms with van der Waals surface area (Å²) in [5.74, 6) is -1.00. The molecule has 7 nitrogen and oxygen atoms in total.